The molecule has 1 aliphatic heterocycles. The third kappa shape index (κ3) is 3.83. The lowest BCUT2D eigenvalue weighted by atomic mass is 10.0. The van der Waals surface area contributed by atoms with Gasteiger partial charge in [0.1, 0.15) is 5.75 Å². The molecular weight excluding hydrogens is 266 g/mol. The highest BCUT2D eigenvalue weighted by Crippen LogP contribution is 2.26. The predicted molar refractivity (Wildman–Crippen MR) is 84.6 cm³/mol. The number of anilines is 1. The van der Waals surface area contributed by atoms with Gasteiger partial charge in [0.2, 0.25) is 0 Å². The molecule has 0 aliphatic carbocycles. The Morgan fingerprint density at radius 3 is 2.62 bits per heavy atom. The molecule has 1 heterocycles. The van der Waals surface area contributed by atoms with E-state index in [0.717, 1.165) is 36.3 Å². The van der Waals surface area contributed by atoms with E-state index in [9.17, 15) is 4.79 Å². The first-order chi connectivity index (χ1) is 10.0. The molecule has 2 rings (SSSR count). The summed E-state index contributed by atoms with van der Waals surface area (Å²) in [5, 5.41) is 6.10. The van der Waals surface area contributed by atoms with Crippen LogP contribution in [0.2, 0.25) is 0 Å². The van der Waals surface area contributed by atoms with Crippen LogP contribution in [0.15, 0.2) is 29.3 Å². The fraction of sp³-hybridized carbons (Fsp3) is 0.438. The molecule has 0 bridgehead atoms. The third-order valence-electron chi connectivity index (χ3n) is 3.56. The SMILES string of the molecule is COc1ccc(CN(C)C)cc1NC(=O)C(C)=C1CNC1. The maximum atomic E-state index is 12.3. The lowest BCUT2D eigenvalue weighted by molar-refractivity contribution is -0.112. The number of nitrogens with zero attached hydrogens (tertiary/aromatic N) is 1. The molecule has 0 spiro atoms. The number of rotatable bonds is 5. The Morgan fingerprint density at radius 1 is 1.38 bits per heavy atom. The highest BCUT2D eigenvalue weighted by atomic mass is 16.5. The summed E-state index contributed by atoms with van der Waals surface area (Å²) in [7, 11) is 5.64. The van der Waals surface area contributed by atoms with Crippen LogP contribution in [0.1, 0.15) is 12.5 Å². The molecule has 1 aromatic rings. The smallest absolute Gasteiger partial charge is 0.251 e. The van der Waals surface area contributed by atoms with Gasteiger partial charge in [-0.2, -0.15) is 0 Å². The summed E-state index contributed by atoms with van der Waals surface area (Å²) in [6.45, 7) is 4.28. The second kappa shape index (κ2) is 6.74. The van der Waals surface area contributed by atoms with Gasteiger partial charge >= 0.3 is 0 Å². The van der Waals surface area contributed by atoms with Crippen molar-refractivity contribution < 1.29 is 9.53 Å². The van der Waals surface area contributed by atoms with E-state index in [-0.39, 0.29) is 5.91 Å². The van der Waals surface area contributed by atoms with Crippen LogP contribution in [-0.2, 0) is 11.3 Å². The summed E-state index contributed by atoms with van der Waals surface area (Å²) in [5.41, 5.74) is 3.80. The van der Waals surface area contributed by atoms with Crippen LogP contribution in [-0.4, -0.2) is 45.1 Å². The van der Waals surface area contributed by atoms with Crippen LogP contribution < -0.4 is 15.4 Å². The molecule has 0 radical (unpaired) electrons. The van der Waals surface area contributed by atoms with Crippen molar-refractivity contribution in [2.75, 3.05) is 39.6 Å². The average molecular weight is 289 g/mol. The largest absolute Gasteiger partial charge is 0.495 e. The van der Waals surface area contributed by atoms with Crippen LogP contribution in [0.5, 0.6) is 5.75 Å². The number of ether oxygens (including phenoxy) is 1. The Balaban J connectivity index is 2.18. The molecule has 0 unspecified atom stereocenters. The second-order valence-electron chi connectivity index (χ2n) is 5.56. The molecule has 114 valence electrons. The van der Waals surface area contributed by atoms with Crippen LogP contribution in [0.3, 0.4) is 0 Å². The normalized spacial score (nSPS) is 13.9. The fourth-order valence-corrected chi connectivity index (χ4v) is 2.21. The minimum absolute atomic E-state index is 0.0631. The molecule has 1 amide bonds. The molecule has 0 aromatic heterocycles. The molecule has 2 N–H and O–H groups in total. The summed E-state index contributed by atoms with van der Waals surface area (Å²) in [6, 6.07) is 5.87. The molecule has 5 nitrogen and oxygen atoms in total. The summed E-state index contributed by atoms with van der Waals surface area (Å²) in [4.78, 5) is 14.4. The van der Waals surface area contributed by atoms with Gasteiger partial charge in [-0.1, -0.05) is 6.07 Å². The zero-order valence-electron chi connectivity index (χ0n) is 13.1. The lowest BCUT2D eigenvalue weighted by Crippen LogP contribution is -2.36. The number of hydrogen-bond acceptors (Lipinski definition) is 4. The Bertz CT molecular complexity index is 559. The minimum atomic E-state index is -0.0631. The van der Waals surface area contributed by atoms with Gasteiger partial charge < -0.3 is 20.3 Å². The van der Waals surface area contributed by atoms with Crippen molar-refractivity contribution in [1.29, 1.82) is 0 Å². The lowest BCUT2D eigenvalue weighted by Gasteiger charge is -2.22. The highest BCUT2D eigenvalue weighted by Gasteiger charge is 2.17. The molecular formula is C16H23N3O2. The van der Waals surface area contributed by atoms with Crippen molar-refractivity contribution >= 4 is 11.6 Å². The number of hydrogen-bond donors (Lipinski definition) is 2. The third-order valence-corrected chi connectivity index (χ3v) is 3.56. The van der Waals surface area contributed by atoms with Crippen molar-refractivity contribution in [3.8, 4) is 5.75 Å². The maximum Gasteiger partial charge on any atom is 0.251 e. The molecule has 1 fully saturated rings. The van der Waals surface area contributed by atoms with E-state index in [1.54, 1.807) is 7.11 Å². The first kappa shape index (κ1) is 15.5. The van der Waals surface area contributed by atoms with E-state index >= 15 is 0 Å². The number of carbonyl (C=O) groups excluding carboxylic acids is 1. The first-order valence-electron chi connectivity index (χ1n) is 7.03. The Labute approximate surface area is 126 Å². The van der Waals surface area contributed by atoms with Crippen molar-refractivity contribution in [3.05, 3.63) is 34.9 Å². The van der Waals surface area contributed by atoms with Crippen molar-refractivity contribution in [2.45, 2.75) is 13.5 Å². The number of amides is 1. The zero-order valence-corrected chi connectivity index (χ0v) is 13.1. The summed E-state index contributed by atoms with van der Waals surface area (Å²) in [5.74, 6) is 0.613. The van der Waals surface area contributed by atoms with E-state index in [0.29, 0.717) is 11.4 Å². The number of benzene rings is 1. The Morgan fingerprint density at radius 2 is 2.10 bits per heavy atom. The van der Waals surface area contributed by atoms with Crippen LogP contribution >= 0.6 is 0 Å². The van der Waals surface area contributed by atoms with Gasteiger partial charge in [-0.15, -0.1) is 0 Å². The first-order valence-corrected chi connectivity index (χ1v) is 7.03. The zero-order chi connectivity index (χ0) is 15.4. The van der Waals surface area contributed by atoms with Gasteiger partial charge in [0.05, 0.1) is 12.8 Å². The fourth-order valence-electron chi connectivity index (χ4n) is 2.21. The monoisotopic (exact) mass is 289 g/mol. The molecule has 21 heavy (non-hydrogen) atoms. The molecule has 1 aliphatic rings. The van der Waals surface area contributed by atoms with Gasteiger partial charge in [-0.05, 0) is 44.3 Å². The van der Waals surface area contributed by atoms with Crippen molar-refractivity contribution in [1.82, 2.24) is 10.2 Å². The van der Waals surface area contributed by atoms with Gasteiger partial charge in [0.25, 0.3) is 5.91 Å². The summed E-state index contributed by atoms with van der Waals surface area (Å²) < 4.78 is 5.33. The van der Waals surface area contributed by atoms with Crippen LogP contribution in [0.25, 0.3) is 0 Å². The molecule has 1 aromatic carbocycles. The second-order valence-corrected chi connectivity index (χ2v) is 5.56. The molecule has 1 saturated heterocycles. The number of methoxy groups -OCH3 is 1. The van der Waals surface area contributed by atoms with E-state index in [2.05, 4.69) is 15.5 Å². The van der Waals surface area contributed by atoms with Gasteiger partial charge in [-0.3, -0.25) is 4.79 Å². The minimum Gasteiger partial charge on any atom is -0.495 e. The van der Waals surface area contributed by atoms with Gasteiger partial charge in [0, 0.05) is 25.2 Å². The van der Waals surface area contributed by atoms with Crippen LogP contribution in [0, 0.1) is 0 Å². The maximum absolute atomic E-state index is 12.3. The molecule has 0 saturated carbocycles. The highest BCUT2D eigenvalue weighted by molar-refractivity contribution is 6.04. The number of nitrogens with one attached hydrogen (secondary N) is 2. The number of carbonyl (C=O) groups is 1. The summed E-state index contributed by atoms with van der Waals surface area (Å²) >= 11 is 0. The standard InChI is InChI=1S/C16H23N3O2/c1-11(13-8-17-9-13)16(20)18-14-7-12(10-19(2)3)5-6-15(14)21-4/h5-7,17H,8-10H2,1-4H3,(H,18,20). The topological polar surface area (TPSA) is 53.6 Å². The van der Waals surface area contributed by atoms with Gasteiger partial charge in [0.15, 0.2) is 0 Å². The predicted octanol–water partition coefficient (Wildman–Crippen LogP) is 1.61. The Kier molecular flexibility index (Phi) is 4.98. The van der Waals surface area contributed by atoms with Crippen molar-refractivity contribution in [3.63, 3.8) is 0 Å². The molecule has 0 atom stereocenters. The van der Waals surface area contributed by atoms with E-state index < -0.39 is 0 Å². The average Bonchev–Trinajstić information content (AvgIpc) is 2.36. The van der Waals surface area contributed by atoms with Crippen molar-refractivity contribution in [2.24, 2.45) is 0 Å². The quantitative estimate of drug-likeness (QED) is 0.809. The van der Waals surface area contributed by atoms with E-state index in [1.165, 1.54) is 0 Å². The molecule has 5 heteroatoms. The summed E-state index contributed by atoms with van der Waals surface area (Å²) in [6.07, 6.45) is 0. The Hall–Kier alpha value is -1.85. The van der Waals surface area contributed by atoms with E-state index in [4.69, 9.17) is 4.74 Å². The van der Waals surface area contributed by atoms with Crippen LogP contribution in [0.4, 0.5) is 5.69 Å². The van der Waals surface area contributed by atoms with Gasteiger partial charge in [-0.25, -0.2) is 0 Å². The van der Waals surface area contributed by atoms with E-state index in [1.807, 2.05) is 39.2 Å².